The second-order valence-corrected chi connectivity index (χ2v) is 18.2. The highest BCUT2D eigenvalue weighted by atomic mass is 16.7. The van der Waals surface area contributed by atoms with Gasteiger partial charge in [0.25, 0.3) is 0 Å². The first-order chi connectivity index (χ1) is 27.2. The molecular formula is C42H73NO16. The fourth-order valence-corrected chi connectivity index (χ4v) is 9.12. The van der Waals surface area contributed by atoms with Crippen LogP contribution in [0.2, 0.25) is 0 Å². The monoisotopic (exact) mass is 847 g/mol. The lowest BCUT2D eigenvalue weighted by Gasteiger charge is -2.49. The average Bonchev–Trinajstić information content (AvgIpc) is 3.15. The molecule has 0 aromatic heterocycles. The van der Waals surface area contributed by atoms with Gasteiger partial charge < -0.3 is 63.6 Å². The number of carbonyl (C=O) groups excluding carboxylic acids is 3. The fraction of sp³-hybridized carbons (Fsp3) is 0.905. The molecule has 0 aromatic carbocycles. The summed E-state index contributed by atoms with van der Waals surface area (Å²) in [6.07, 6.45) is -11.0. The molecule has 3 fully saturated rings. The van der Waals surface area contributed by atoms with Crippen molar-refractivity contribution in [3.63, 3.8) is 0 Å². The minimum Gasteiger partial charge on any atom is -0.481 e. The third-order valence-electron chi connectivity index (χ3n) is 12.8. The number of ketones is 1. The van der Waals surface area contributed by atoms with Crippen LogP contribution in [0.25, 0.3) is 0 Å². The van der Waals surface area contributed by atoms with E-state index in [1.54, 1.807) is 41.5 Å². The van der Waals surface area contributed by atoms with E-state index in [0.29, 0.717) is 6.42 Å². The molecule has 0 aromatic rings. The molecule has 0 aliphatic carbocycles. The van der Waals surface area contributed by atoms with Crippen molar-refractivity contribution in [2.45, 2.75) is 198 Å². The summed E-state index contributed by atoms with van der Waals surface area (Å²) in [5.41, 5.74) is -5.06. The topological polar surface area (TPSA) is 237 Å². The Labute approximate surface area is 349 Å². The van der Waals surface area contributed by atoms with Crippen molar-refractivity contribution < 1.29 is 77.9 Å². The minimum absolute atomic E-state index is 0.0392. The Hall–Kier alpha value is -2.32. The van der Waals surface area contributed by atoms with Gasteiger partial charge in [0.05, 0.1) is 53.7 Å². The zero-order chi connectivity index (χ0) is 44.9. The molecule has 17 heteroatoms. The second kappa shape index (κ2) is 20.7. The molecular weight excluding hydrogens is 774 g/mol. The van der Waals surface area contributed by atoms with Crippen molar-refractivity contribution in [3.8, 4) is 0 Å². The van der Waals surface area contributed by atoms with E-state index in [-0.39, 0.29) is 38.5 Å². The van der Waals surface area contributed by atoms with Crippen LogP contribution < -0.4 is 0 Å². The molecule has 17 nitrogen and oxygen atoms in total. The maximum atomic E-state index is 14.3. The summed E-state index contributed by atoms with van der Waals surface area (Å²) < 4.78 is 43.7. The minimum atomic E-state index is -2.05. The molecule has 0 saturated carbocycles. The first kappa shape index (κ1) is 51.0. The van der Waals surface area contributed by atoms with E-state index >= 15 is 0 Å². The normalized spacial score (nSPS) is 44.4. The molecule has 18 atom stereocenters. The number of carboxylic acids is 1. The standard InChI is InChI=1S/C42H73NO16/c1-14-28-42(10,52)35(48)23(4)32(47)21(2)19-40(8,51)37(59-39-34(27(43(11)12)18-22(3)54-39)57-30(46)17-15-16-29(44)45)24(5)33(25(6)38(50)56-28)58-31-20-41(9,53-13)36(49)26(7)55-31/h21-28,31,33-37,39,48-49,51-52H,14-20H2,1-13H3,(H,44,45)/t21-,22-,23+,24+,25-,26+,27+,28-,31+,33+,34-,35-,36+,37-,39+,40-,41-,42-/m1/s1. The zero-order valence-electron chi connectivity index (χ0n) is 37.3. The van der Waals surface area contributed by atoms with E-state index in [4.69, 9.17) is 38.3 Å². The number of carboxylic acid groups (broad SMARTS) is 1. The summed E-state index contributed by atoms with van der Waals surface area (Å²) in [7, 11) is 5.07. The van der Waals surface area contributed by atoms with E-state index < -0.39 is 132 Å². The van der Waals surface area contributed by atoms with Crippen LogP contribution in [-0.2, 0) is 52.3 Å². The number of rotatable bonds is 12. The third kappa shape index (κ3) is 12.2. The smallest absolute Gasteiger partial charge is 0.311 e. The summed E-state index contributed by atoms with van der Waals surface area (Å²) in [5, 5.41) is 55.9. The molecule has 0 radical (unpaired) electrons. The van der Waals surface area contributed by atoms with Crippen LogP contribution in [0.1, 0.15) is 114 Å². The molecule has 3 saturated heterocycles. The zero-order valence-corrected chi connectivity index (χ0v) is 37.3. The number of aliphatic hydroxyl groups excluding tert-OH is 2. The molecule has 0 amide bonds. The number of hydrogen-bond donors (Lipinski definition) is 5. The Kier molecular flexibility index (Phi) is 17.9. The maximum absolute atomic E-state index is 14.3. The van der Waals surface area contributed by atoms with Crippen LogP contribution in [0.3, 0.4) is 0 Å². The van der Waals surface area contributed by atoms with Gasteiger partial charge in [0.2, 0.25) is 0 Å². The number of ether oxygens (including phenoxy) is 7. The molecule has 0 spiro atoms. The molecule has 3 aliphatic rings. The first-order valence-electron chi connectivity index (χ1n) is 21.0. The predicted molar refractivity (Wildman–Crippen MR) is 212 cm³/mol. The molecule has 0 bridgehead atoms. The van der Waals surface area contributed by atoms with Gasteiger partial charge in [-0.25, -0.2) is 0 Å². The van der Waals surface area contributed by atoms with Crippen molar-refractivity contribution in [3.05, 3.63) is 0 Å². The number of esters is 2. The fourth-order valence-electron chi connectivity index (χ4n) is 9.12. The number of nitrogens with zero attached hydrogens (tertiary/aromatic N) is 1. The summed E-state index contributed by atoms with van der Waals surface area (Å²) in [6.45, 7) is 16.0. The summed E-state index contributed by atoms with van der Waals surface area (Å²) >= 11 is 0. The van der Waals surface area contributed by atoms with Gasteiger partial charge in [-0.1, -0.05) is 27.7 Å². The highest BCUT2D eigenvalue weighted by molar-refractivity contribution is 5.83. The van der Waals surface area contributed by atoms with E-state index in [9.17, 15) is 39.6 Å². The summed E-state index contributed by atoms with van der Waals surface area (Å²) in [4.78, 5) is 54.5. The number of cyclic esters (lactones) is 1. The Balaban J connectivity index is 2.22. The lowest BCUT2D eigenvalue weighted by atomic mass is 9.74. The highest BCUT2D eigenvalue weighted by Crippen LogP contribution is 2.41. The van der Waals surface area contributed by atoms with E-state index in [0.717, 1.165) is 0 Å². The van der Waals surface area contributed by atoms with Gasteiger partial charge in [-0.15, -0.1) is 0 Å². The third-order valence-corrected chi connectivity index (χ3v) is 12.8. The van der Waals surface area contributed by atoms with Crippen LogP contribution in [-0.4, -0.2) is 160 Å². The van der Waals surface area contributed by atoms with Crippen LogP contribution >= 0.6 is 0 Å². The van der Waals surface area contributed by atoms with Crippen molar-refractivity contribution >= 4 is 23.7 Å². The largest absolute Gasteiger partial charge is 0.481 e. The lowest BCUT2D eigenvalue weighted by Crippen LogP contribution is -2.61. The van der Waals surface area contributed by atoms with Gasteiger partial charge in [-0.3, -0.25) is 19.2 Å². The van der Waals surface area contributed by atoms with Crippen molar-refractivity contribution in [1.29, 1.82) is 0 Å². The molecule has 3 heterocycles. The number of methoxy groups -OCH3 is 1. The Morgan fingerprint density at radius 3 is 2.07 bits per heavy atom. The van der Waals surface area contributed by atoms with Crippen molar-refractivity contribution in [2.24, 2.45) is 23.7 Å². The quantitative estimate of drug-likeness (QED) is 0.178. The number of Topliss-reactive ketones (excluding diaryl/α,β-unsaturated/α-hetero) is 1. The van der Waals surface area contributed by atoms with Gasteiger partial charge in [-0.05, 0) is 81.3 Å². The Morgan fingerprint density at radius 1 is 0.881 bits per heavy atom. The molecule has 0 unspecified atom stereocenters. The molecule has 3 rings (SSSR count). The first-order valence-corrected chi connectivity index (χ1v) is 21.0. The summed E-state index contributed by atoms with van der Waals surface area (Å²) in [6, 6.07) is -0.441. The van der Waals surface area contributed by atoms with E-state index in [1.165, 1.54) is 27.9 Å². The number of aliphatic carboxylic acids is 1. The van der Waals surface area contributed by atoms with Crippen molar-refractivity contribution in [1.82, 2.24) is 4.90 Å². The van der Waals surface area contributed by atoms with Crippen molar-refractivity contribution in [2.75, 3.05) is 21.2 Å². The molecule has 59 heavy (non-hydrogen) atoms. The molecule has 5 N–H and O–H groups in total. The van der Waals surface area contributed by atoms with Gasteiger partial charge in [0.15, 0.2) is 18.7 Å². The Bertz CT molecular complexity index is 1420. The number of carbonyl (C=O) groups is 4. The average molecular weight is 848 g/mol. The van der Waals surface area contributed by atoms with Gasteiger partial charge in [0, 0.05) is 44.1 Å². The Morgan fingerprint density at radius 2 is 1.51 bits per heavy atom. The molecule has 342 valence electrons. The van der Waals surface area contributed by atoms with Crippen LogP contribution in [0, 0.1) is 23.7 Å². The van der Waals surface area contributed by atoms with E-state index in [1.807, 2.05) is 25.9 Å². The van der Waals surface area contributed by atoms with Crippen LogP contribution in [0.4, 0.5) is 0 Å². The lowest BCUT2D eigenvalue weighted by molar-refractivity contribution is -0.319. The molecule has 3 aliphatic heterocycles. The summed E-state index contributed by atoms with van der Waals surface area (Å²) in [5.74, 6) is -7.13. The number of likely N-dealkylation sites (N-methyl/N-ethyl adjacent to an activating group) is 1. The van der Waals surface area contributed by atoms with Gasteiger partial charge >= 0.3 is 17.9 Å². The van der Waals surface area contributed by atoms with E-state index in [2.05, 4.69) is 0 Å². The SMILES string of the molecule is CC[C@H]1OC(=O)[C@H](C)[C@@H](O[C@H]2C[C@@](C)(OC)[C@@H](O)[C@H](C)O2)[C@H](C)[C@@H](O[C@@H]2O[C@H](C)C[C@H](N(C)C)[C@H]2OC(=O)CCCC(=O)O)[C@](C)(O)C[C@@H](C)C(=O)[C@H](C)[C@@H](O)[C@]1(C)O. The van der Waals surface area contributed by atoms with Gasteiger partial charge in [-0.2, -0.15) is 0 Å². The number of aliphatic hydroxyl groups is 4. The number of hydrogen-bond acceptors (Lipinski definition) is 16. The highest BCUT2D eigenvalue weighted by Gasteiger charge is 2.54. The van der Waals surface area contributed by atoms with Crippen LogP contribution in [0.15, 0.2) is 0 Å². The predicted octanol–water partition coefficient (Wildman–Crippen LogP) is 2.59. The maximum Gasteiger partial charge on any atom is 0.311 e. The second-order valence-electron chi connectivity index (χ2n) is 18.2. The van der Waals surface area contributed by atoms with Gasteiger partial charge in [0.1, 0.15) is 23.6 Å². The van der Waals surface area contributed by atoms with Crippen LogP contribution in [0.5, 0.6) is 0 Å².